The molecular weight excluding hydrogens is 340 g/mol. The van der Waals surface area contributed by atoms with Gasteiger partial charge in [0.1, 0.15) is 16.4 Å². The third-order valence-corrected chi connectivity index (χ3v) is 4.12. The van der Waals surface area contributed by atoms with Crippen LogP contribution < -0.4 is 10.9 Å². The van der Waals surface area contributed by atoms with E-state index < -0.39 is 11.5 Å². The molecule has 3 aromatic rings. The van der Waals surface area contributed by atoms with Crippen molar-refractivity contribution in [2.45, 2.75) is 26.2 Å². The number of benzene rings is 1. The van der Waals surface area contributed by atoms with E-state index in [0.29, 0.717) is 5.58 Å². The number of carbonyl (C=O) groups is 1. The molecule has 25 heavy (non-hydrogen) atoms. The van der Waals surface area contributed by atoms with E-state index in [9.17, 15) is 9.59 Å². The zero-order chi connectivity index (χ0) is 18.2. The number of halogens is 1. The van der Waals surface area contributed by atoms with Crippen LogP contribution >= 0.6 is 11.6 Å². The van der Waals surface area contributed by atoms with Crippen molar-refractivity contribution in [3.63, 3.8) is 0 Å². The van der Waals surface area contributed by atoms with E-state index in [-0.39, 0.29) is 21.8 Å². The number of nitrogens with zero attached hydrogens (tertiary/aromatic N) is 1. The summed E-state index contributed by atoms with van der Waals surface area (Å²) < 4.78 is 5.50. The highest BCUT2D eigenvalue weighted by Crippen LogP contribution is 2.30. The minimum absolute atomic E-state index is 0.0588. The molecule has 0 radical (unpaired) electrons. The highest BCUT2D eigenvalue weighted by molar-refractivity contribution is 6.33. The maximum absolute atomic E-state index is 12.3. The summed E-state index contributed by atoms with van der Waals surface area (Å²) in [4.78, 5) is 28.5. The molecule has 0 aliphatic carbocycles. The number of aromatic nitrogens is 1. The Kier molecular flexibility index (Phi) is 4.35. The number of para-hydroxylation sites is 1. The van der Waals surface area contributed by atoms with Crippen LogP contribution in [0, 0.1) is 0 Å². The van der Waals surface area contributed by atoms with Crippen molar-refractivity contribution >= 4 is 34.2 Å². The fraction of sp³-hybridized carbons (Fsp3) is 0.211. The van der Waals surface area contributed by atoms with Gasteiger partial charge in [-0.05, 0) is 23.6 Å². The standard InChI is InChI=1S/C19H17ClN2O3/c1-19(2,3)13-8-4-6-11-10-14(18(24)25-15(11)13)22-17(23)12-7-5-9-21-16(12)20/h4-10H,1-3H3,(H,22,23). The van der Waals surface area contributed by atoms with Gasteiger partial charge in [-0.1, -0.05) is 50.6 Å². The molecule has 0 unspecified atom stereocenters. The summed E-state index contributed by atoms with van der Waals surface area (Å²) in [6.45, 7) is 6.13. The maximum atomic E-state index is 12.3. The van der Waals surface area contributed by atoms with Crippen LogP contribution in [-0.4, -0.2) is 10.9 Å². The quantitative estimate of drug-likeness (QED) is 0.546. The predicted molar refractivity (Wildman–Crippen MR) is 98.4 cm³/mol. The summed E-state index contributed by atoms with van der Waals surface area (Å²) in [5, 5.41) is 3.35. The topological polar surface area (TPSA) is 72.2 Å². The average Bonchev–Trinajstić information content (AvgIpc) is 2.54. The molecule has 0 saturated carbocycles. The van der Waals surface area contributed by atoms with Gasteiger partial charge >= 0.3 is 5.63 Å². The Balaban J connectivity index is 2.04. The molecule has 1 aromatic carbocycles. The lowest BCUT2D eigenvalue weighted by atomic mass is 9.86. The largest absolute Gasteiger partial charge is 0.421 e. The molecule has 0 saturated heterocycles. The molecule has 128 valence electrons. The Morgan fingerprint density at radius 3 is 2.64 bits per heavy atom. The van der Waals surface area contributed by atoms with Gasteiger partial charge in [-0.3, -0.25) is 4.79 Å². The summed E-state index contributed by atoms with van der Waals surface area (Å²) >= 11 is 5.92. The maximum Gasteiger partial charge on any atom is 0.360 e. The smallest absolute Gasteiger partial charge is 0.360 e. The van der Waals surface area contributed by atoms with Gasteiger partial charge in [-0.15, -0.1) is 0 Å². The Labute approximate surface area is 149 Å². The summed E-state index contributed by atoms with van der Waals surface area (Å²) in [5.41, 5.74) is 0.907. The normalized spacial score (nSPS) is 11.5. The molecule has 0 fully saturated rings. The van der Waals surface area contributed by atoms with Crippen LogP contribution in [0.5, 0.6) is 0 Å². The van der Waals surface area contributed by atoms with Crippen molar-refractivity contribution in [3.05, 3.63) is 69.3 Å². The van der Waals surface area contributed by atoms with Crippen LogP contribution in [0.4, 0.5) is 5.69 Å². The fourth-order valence-corrected chi connectivity index (χ4v) is 2.77. The number of amides is 1. The Hall–Kier alpha value is -2.66. The number of anilines is 1. The highest BCUT2D eigenvalue weighted by Gasteiger charge is 2.20. The molecule has 0 aliphatic rings. The number of pyridine rings is 1. The van der Waals surface area contributed by atoms with Crippen LogP contribution in [-0.2, 0) is 5.41 Å². The van der Waals surface area contributed by atoms with E-state index in [1.54, 1.807) is 12.1 Å². The van der Waals surface area contributed by atoms with Gasteiger partial charge in [0.05, 0.1) is 5.56 Å². The number of carbonyl (C=O) groups excluding carboxylic acids is 1. The molecule has 2 aromatic heterocycles. The van der Waals surface area contributed by atoms with Crippen LogP contribution in [0.25, 0.3) is 11.0 Å². The first-order valence-electron chi connectivity index (χ1n) is 7.76. The molecular formula is C19H17ClN2O3. The summed E-state index contributed by atoms with van der Waals surface area (Å²) in [6, 6.07) is 10.4. The lowest BCUT2D eigenvalue weighted by Crippen LogP contribution is -2.19. The van der Waals surface area contributed by atoms with Crippen LogP contribution in [0.15, 0.2) is 51.8 Å². The van der Waals surface area contributed by atoms with Gasteiger partial charge in [0.2, 0.25) is 0 Å². The second kappa shape index (κ2) is 6.33. The van der Waals surface area contributed by atoms with Crippen molar-refractivity contribution in [1.82, 2.24) is 4.98 Å². The molecule has 2 heterocycles. The molecule has 0 spiro atoms. The van der Waals surface area contributed by atoms with Gasteiger partial charge in [0.25, 0.3) is 5.91 Å². The molecule has 5 nitrogen and oxygen atoms in total. The van der Waals surface area contributed by atoms with Crippen molar-refractivity contribution in [3.8, 4) is 0 Å². The van der Waals surface area contributed by atoms with Crippen molar-refractivity contribution in [1.29, 1.82) is 0 Å². The van der Waals surface area contributed by atoms with Crippen molar-refractivity contribution in [2.75, 3.05) is 5.32 Å². The SMILES string of the molecule is CC(C)(C)c1cccc2cc(NC(=O)c3cccnc3Cl)c(=O)oc12. The lowest BCUT2D eigenvalue weighted by molar-refractivity contribution is 0.102. The van der Waals surface area contributed by atoms with E-state index in [1.165, 1.54) is 12.3 Å². The van der Waals surface area contributed by atoms with Crippen molar-refractivity contribution in [2.24, 2.45) is 0 Å². The minimum Gasteiger partial charge on any atom is -0.421 e. The molecule has 1 amide bonds. The first-order chi connectivity index (χ1) is 11.8. The summed E-state index contributed by atoms with van der Waals surface area (Å²) in [6.07, 6.45) is 1.48. The summed E-state index contributed by atoms with van der Waals surface area (Å²) in [7, 11) is 0. The molecule has 6 heteroatoms. The molecule has 1 N–H and O–H groups in total. The zero-order valence-electron chi connectivity index (χ0n) is 14.1. The predicted octanol–water partition coefficient (Wildman–Crippen LogP) is 4.39. The van der Waals surface area contributed by atoms with Gasteiger partial charge < -0.3 is 9.73 Å². The zero-order valence-corrected chi connectivity index (χ0v) is 14.8. The van der Waals surface area contributed by atoms with E-state index in [4.69, 9.17) is 16.0 Å². The molecule has 0 aliphatic heterocycles. The average molecular weight is 357 g/mol. The number of fused-ring (bicyclic) bond motifs is 1. The molecule has 0 bridgehead atoms. The Bertz CT molecular complexity index is 1020. The number of hydrogen-bond acceptors (Lipinski definition) is 4. The van der Waals surface area contributed by atoms with Gasteiger partial charge in [-0.25, -0.2) is 9.78 Å². The Morgan fingerprint density at radius 1 is 1.20 bits per heavy atom. The number of hydrogen-bond donors (Lipinski definition) is 1. The minimum atomic E-state index is -0.613. The second-order valence-corrected chi connectivity index (χ2v) is 7.08. The van der Waals surface area contributed by atoms with Crippen molar-refractivity contribution < 1.29 is 9.21 Å². The van der Waals surface area contributed by atoms with E-state index in [0.717, 1.165) is 10.9 Å². The van der Waals surface area contributed by atoms with Crippen LogP contribution in [0.1, 0.15) is 36.7 Å². The summed E-state index contributed by atoms with van der Waals surface area (Å²) in [5.74, 6) is -0.517. The number of nitrogens with one attached hydrogen (secondary N) is 1. The van der Waals surface area contributed by atoms with E-state index in [1.807, 2.05) is 39.0 Å². The van der Waals surface area contributed by atoms with Gasteiger partial charge in [-0.2, -0.15) is 0 Å². The van der Waals surface area contributed by atoms with Crippen LogP contribution in [0.2, 0.25) is 5.15 Å². The third-order valence-electron chi connectivity index (χ3n) is 3.82. The molecule has 0 atom stereocenters. The number of rotatable bonds is 2. The third kappa shape index (κ3) is 3.42. The first kappa shape index (κ1) is 17.2. The first-order valence-corrected chi connectivity index (χ1v) is 8.14. The lowest BCUT2D eigenvalue weighted by Gasteiger charge is -2.20. The molecule has 3 rings (SSSR count). The fourth-order valence-electron chi connectivity index (χ4n) is 2.57. The second-order valence-electron chi connectivity index (χ2n) is 6.72. The van der Waals surface area contributed by atoms with E-state index in [2.05, 4.69) is 10.3 Å². The highest BCUT2D eigenvalue weighted by atomic mass is 35.5. The van der Waals surface area contributed by atoms with Gasteiger partial charge in [0, 0.05) is 17.1 Å². The van der Waals surface area contributed by atoms with Gasteiger partial charge in [0.15, 0.2) is 0 Å². The van der Waals surface area contributed by atoms with Crippen LogP contribution in [0.3, 0.4) is 0 Å². The van der Waals surface area contributed by atoms with E-state index >= 15 is 0 Å². The Morgan fingerprint density at radius 2 is 1.96 bits per heavy atom. The monoisotopic (exact) mass is 356 g/mol.